The van der Waals surface area contributed by atoms with E-state index in [-0.39, 0.29) is 12.2 Å². The van der Waals surface area contributed by atoms with Crippen molar-refractivity contribution in [3.05, 3.63) is 47.0 Å². The summed E-state index contributed by atoms with van der Waals surface area (Å²) in [5, 5.41) is 0. The van der Waals surface area contributed by atoms with Crippen LogP contribution in [0.2, 0.25) is 0 Å². The third kappa shape index (κ3) is 3.18. The first-order chi connectivity index (χ1) is 13.7. The molecule has 1 fully saturated rings. The van der Waals surface area contributed by atoms with E-state index in [0.717, 1.165) is 41.2 Å². The van der Waals surface area contributed by atoms with Gasteiger partial charge in [-0.25, -0.2) is 0 Å². The molecule has 1 heterocycles. The van der Waals surface area contributed by atoms with Crippen LogP contribution in [0.3, 0.4) is 0 Å². The normalized spacial score (nSPS) is 23.4. The Bertz CT molecular complexity index is 847. The summed E-state index contributed by atoms with van der Waals surface area (Å²) in [6, 6.07) is 10.0. The molecule has 0 amide bonds. The van der Waals surface area contributed by atoms with Gasteiger partial charge >= 0.3 is 0 Å². The minimum atomic E-state index is -0.237. The van der Waals surface area contributed by atoms with Crippen LogP contribution in [0, 0.1) is 0 Å². The minimum absolute atomic E-state index is 0.195. The first-order valence-corrected chi connectivity index (χ1v) is 9.83. The second-order valence-electron chi connectivity index (χ2n) is 7.39. The van der Waals surface area contributed by atoms with Crippen molar-refractivity contribution in [3.8, 4) is 23.0 Å². The lowest BCUT2D eigenvalue weighted by molar-refractivity contribution is -0.0399. The van der Waals surface area contributed by atoms with Crippen molar-refractivity contribution in [2.75, 3.05) is 28.4 Å². The number of methoxy groups -OCH3 is 4. The maximum Gasteiger partial charge on any atom is 0.161 e. The van der Waals surface area contributed by atoms with Crippen LogP contribution < -0.4 is 18.9 Å². The van der Waals surface area contributed by atoms with Gasteiger partial charge in [-0.1, -0.05) is 12.8 Å². The van der Waals surface area contributed by atoms with Crippen LogP contribution in [0.1, 0.15) is 54.4 Å². The molecule has 0 saturated heterocycles. The van der Waals surface area contributed by atoms with Crippen molar-refractivity contribution in [2.45, 2.75) is 43.8 Å². The van der Waals surface area contributed by atoms with Gasteiger partial charge in [-0.3, -0.25) is 0 Å². The van der Waals surface area contributed by atoms with E-state index in [1.165, 1.54) is 18.4 Å². The molecule has 5 heteroatoms. The third-order valence-electron chi connectivity index (χ3n) is 6.00. The van der Waals surface area contributed by atoms with E-state index in [1.54, 1.807) is 28.4 Å². The zero-order valence-electron chi connectivity index (χ0n) is 17.0. The molecule has 0 unspecified atom stereocenters. The molecule has 150 valence electrons. The lowest BCUT2D eigenvalue weighted by Crippen LogP contribution is -2.34. The number of rotatable bonds is 5. The van der Waals surface area contributed by atoms with E-state index in [2.05, 4.69) is 12.1 Å². The molecule has 2 aromatic carbocycles. The smallest absolute Gasteiger partial charge is 0.161 e. The Morgan fingerprint density at radius 3 is 2.07 bits per heavy atom. The molecule has 0 N–H and O–H groups in total. The molecule has 4 rings (SSSR count). The van der Waals surface area contributed by atoms with Crippen LogP contribution in [-0.2, 0) is 4.74 Å². The Morgan fingerprint density at radius 2 is 1.39 bits per heavy atom. The van der Waals surface area contributed by atoms with Crippen molar-refractivity contribution >= 4 is 0 Å². The topological polar surface area (TPSA) is 46.2 Å². The number of hydrogen-bond acceptors (Lipinski definition) is 5. The summed E-state index contributed by atoms with van der Waals surface area (Å²) >= 11 is 0. The molecular weight excluding hydrogens is 356 g/mol. The van der Waals surface area contributed by atoms with Gasteiger partial charge in [0, 0.05) is 11.5 Å². The molecule has 0 aromatic heterocycles. The molecular formula is C23H28O5. The second kappa shape index (κ2) is 7.92. The van der Waals surface area contributed by atoms with Gasteiger partial charge in [0.15, 0.2) is 11.5 Å². The van der Waals surface area contributed by atoms with Crippen LogP contribution in [0.5, 0.6) is 23.0 Å². The van der Waals surface area contributed by atoms with Crippen LogP contribution in [0.4, 0.5) is 0 Å². The van der Waals surface area contributed by atoms with Crippen molar-refractivity contribution in [1.29, 1.82) is 0 Å². The zero-order valence-corrected chi connectivity index (χ0v) is 17.0. The molecule has 1 saturated carbocycles. The largest absolute Gasteiger partial charge is 0.497 e. The number of fused-ring (bicyclic) bond motifs is 3. The molecule has 0 bridgehead atoms. The Hall–Kier alpha value is -2.40. The second-order valence-corrected chi connectivity index (χ2v) is 7.39. The quantitative estimate of drug-likeness (QED) is 0.736. The van der Waals surface area contributed by atoms with Crippen molar-refractivity contribution in [3.63, 3.8) is 0 Å². The van der Waals surface area contributed by atoms with Gasteiger partial charge in [0.1, 0.15) is 17.6 Å². The molecule has 5 nitrogen and oxygen atoms in total. The van der Waals surface area contributed by atoms with Crippen molar-refractivity contribution < 1.29 is 23.7 Å². The third-order valence-corrected chi connectivity index (χ3v) is 6.00. The van der Waals surface area contributed by atoms with Gasteiger partial charge in [0.05, 0.1) is 34.5 Å². The predicted molar refractivity (Wildman–Crippen MR) is 107 cm³/mol. The lowest BCUT2D eigenvalue weighted by atomic mass is 9.75. The summed E-state index contributed by atoms with van der Waals surface area (Å²) in [6.07, 6.45) is 4.59. The molecule has 28 heavy (non-hydrogen) atoms. The van der Waals surface area contributed by atoms with Gasteiger partial charge in [-0.2, -0.15) is 0 Å². The van der Waals surface area contributed by atoms with E-state index in [9.17, 15) is 0 Å². The van der Waals surface area contributed by atoms with Gasteiger partial charge in [0.2, 0.25) is 0 Å². The molecule has 0 spiro atoms. The fourth-order valence-corrected chi connectivity index (χ4v) is 4.61. The Labute approximate surface area is 166 Å². The summed E-state index contributed by atoms with van der Waals surface area (Å²) < 4.78 is 29.0. The molecule has 1 aliphatic heterocycles. The summed E-state index contributed by atoms with van der Waals surface area (Å²) in [6.45, 7) is 0. The average molecular weight is 384 g/mol. The number of ether oxygens (including phenoxy) is 5. The standard InChI is InChI=1S/C23H28O5/c1-24-14-9-10-19(25-2)18(11-14)23-17-13-22(27-4)21(26-3)12-16(17)15-7-5-6-8-20(15)28-23/h9-13,15,20,23H,5-8H2,1-4H3/t15-,20-,23+/m0/s1. The monoisotopic (exact) mass is 384 g/mol. The van der Waals surface area contributed by atoms with Crippen molar-refractivity contribution in [2.24, 2.45) is 0 Å². The summed E-state index contributed by atoms with van der Waals surface area (Å²) in [5.41, 5.74) is 3.38. The van der Waals surface area contributed by atoms with Crippen LogP contribution in [0.25, 0.3) is 0 Å². The lowest BCUT2D eigenvalue weighted by Gasteiger charge is -2.41. The van der Waals surface area contributed by atoms with Crippen molar-refractivity contribution in [1.82, 2.24) is 0 Å². The maximum atomic E-state index is 6.69. The van der Waals surface area contributed by atoms with Crippen LogP contribution in [0.15, 0.2) is 30.3 Å². The average Bonchev–Trinajstić information content (AvgIpc) is 2.76. The highest BCUT2D eigenvalue weighted by Gasteiger charge is 2.39. The summed E-state index contributed by atoms with van der Waals surface area (Å²) in [5.74, 6) is 3.44. The maximum absolute atomic E-state index is 6.69. The van der Waals surface area contributed by atoms with Crippen LogP contribution in [-0.4, -0.2) is 34.5 Å². The Kier molecular flexibility index (Phi) is 5.36. The van der Waals surface area contributed by atoms with E-state index < -0.39 is 0 Å². The van der Waals surface area contributed by atoms with Gasteiger partial charge in [-0.15, -0.1) is 0 Å². The zero-order chi connectivity index (χ0) is 19.7. The van der Waals surface area contributed by atoms with E-state index in [0.29, 0.717) is 11.7 Å². The van der Waals surface area contributed by atoms with Gasteiger partial charge < -0.3 is 23.7 Å². The molecule has 1 aliphatic carbocycles. The van der Waals surface area contributed by atoms with Crippen LogP contribution >= 0.6 is 0 Å². The number of hydrogen-bond donors (Lipinski definition) is 0. The SMILES string of the molecule is COc1ccc(OC)c([C@@H]2O[C@H]3CCCC[C@H]3c3cc(OC)c(OC)cc32)c1. The highest BCUT2D eigenvalue weighted by atomic mass is 16.5. The predicted octanol–water partition coefficient (Wildman–Crippen LogP) is 4.87. The molecule has 3 atom stereocenters. The first-order valence-electron chi connectivity index (χ1n) is 9.83. The molecule has 0 radical (unpaired) electrons. The first kappa shape index (κ1) is 18.9. The summed E-state index contributed by atoms with van der Waals surface area (Å²) in [7, 11) is 6.71. The fourth-order valence-electron chi connectivity index (χ4n) is 4.61. The van der Waals surface area contributed by atoms with E-state index >= 15 is 0 Å². The van der Waals surface area contributed by atoms with E-state index in [4.69, 9.17) is 23.7 Å². The highest BCUT2D eigenvalue weighted by molar-refractivity contribution is 5.55. The molecule has 2 aliphatic rings. The Morgan fingerprint density at radius 1 is 0.714 bits per heavy atom. The summed E-state index contributed by atoms with van der Waals surface area (Å²) in [4.78, 5) is 0. The van der Waals surface area contributed by atoms with Gasteiger partial charge in [-0.05, 0) is 54.3 Å². The minimum Gasteiger partial charge on any atom is -0.497 e. The fraction of sp³-hybridized carbons (Fsp3) is 0.478. The van der Waals surface area contributed by atoms with E-state index in [1.807, 2.05) is 18.2 Å². The Balaban J connectivity index is 1.90. The number of benzene rings is 2. The molecule has 2 aromatic rings. The highest BCUT2D eigenvalue weighted by Crippen LogP contribution is 2.51. The van der Waals surface area contributed by atoms with Gasteiger partial charge in [0.25, 0.3) is 0 Å².